The van der Waals surface area contributed by atoms with Gasteiger partial charge in [0.25, 0.3) is 11.6 Å². The number of non-ortho nitro benzene ring substituents is 1. The summed E-state index contributed by atoms with van der Waals surface area (Å²) in [6.45, 7) is 0. The maximum atomic E-state index is 11.9. The van der Waals surface area contributed by atoms with Gasteiger partial charge in [0.05, 0.1) is 4.92 Å². The fourth-order valence-electron chi connectivity index (χ4n) is 2.15. The van der Waals surface area contributed by atoms with Crippen molar-refractivity contribution in [3.63, 3.8) is 0 Å². The molecule has 0 spiro atoms. The summed E-state index contributed by atoms with van der Waals surface area (Å²) < 4.78 is 0. The number of rotatable bonds is 3. The molecular formula is C12H13ClN2O3. The average molecular weight is 269 g/mol. The minimum absolute atomic E-state index is 0.168. The summed E-state index contributed by atoms with van der Waals surface area (Å²) in [6.07, 6.45) is 4.16. The van der Waals surface area contributed by atoms with Crippen molar-refractivity contribution < 1.29 is 9.72 Å². The Morgan fingerprint density at radius 2 is 2.00 bits per heavy atom. The van der Waals surface area contributed by atoms with Crippen molar-refractivity contribution in [1.82, 2.24) is 5.32 Å². The summed E-state index contributed by atoms with van der Waals surface area (Å²) in [4.78, 5) is 22.1. The number of hydrogen-bond acceptors (Lipinski definition) is 3. The number of carbonyl (C=O) groups excluding carboxylic acids is 1. The molecule has 0 bridgehead atoms. The standard InChI is InChI=1S/C12H13ClN2O3/c13-9-5-8(6-11(7-9)15(17)18)12(16)14-10-3-1-2-4-10/h5-7,10H,1-4H2,(H,14,16). The highest BCUT2D eigenvalue weighted by Gasteiger charge is 2.19. The number of halogens is 1. The number of amides is 1. The maximum Gasteiger partial charge on any atom is 0.271 e. The third-order valence-corrected chi connectivity index (χ3v) is 3.26. The molecule has 0 aliphatic heterocycles. The van der Waals surface area contributed by atoms with Crippen molar-refractivity contribution in [2.45, 2.75) is 31.7 Å². The van der Waals surface area contributed by atoms with Crippen LogP contribution in [0.15, 0.2) is 18.2 Å². The highest BCUT2D eigenvalue weighted by Crippen LogP contribution is 2.22. The Bertz CT molecular complexity index is 484. The first kappa shape index (κ1) is 12.8. The van der Waals surface area contributed by atoms with E-state index in [4.69, 9.17) is 11.6 Å². The van der Waals surface area contributed by atoms with Gasteiger partial charge in [-0.15, -0.1) is 0 Å². The zero-order chi connectivity index (χ0) is 13.1. The monoisotopic (exact) mass is 268 g/mol. The van der Waals surface area contributed by atoms with E-state index in [1.54, 1.807) is 0 Å². The van der Waals surface area contributed by atoms with Crippen LogP contribution in [0.4, 0.5) is 5.69 Å². The van der Waals surface area contributed by atoms with Crippen LogP contribution in [0.1, 0.15) is 36.0 Å². The number of nitro benzene ring substituents is 1. The molecule has 1 amide bonds. The molecular weight excluding hydrogens is 256 g/mol. The van der Waals surface area contributed by atoms with E-state index < -0.39 is 4.92 Å². The van der Waals surface area contributed by atoms with Crippen molar-refractivity contribution in [2.24, 2.45) is 0 Å². The first-order chi connectivity index (χ1) is 8.56. The molecule has 0 saturated heterocycles. The van der Waals surface area contributed by atoms with Gasteiger partial charge < -0.3 is 5.32 Å². The van der Waals surface area contributed by atoms with Gasteiger partial charge in [0.1, 0.15) is 0 Å². The Hall–Kier alpha value is -1.62. The van der Waals surface area contributed by atoms with Gasteiger partial charge in [-0.2, -0.15) is 0 Å². The van der Waals surface area contributed by atoms with Crippen molar-refractivity contribution in [2.75, 3.05) is 0 Å². The van der Waals surface area contributed by atoms with Crippen molar-refractivity contribution >= 4 is 23.2 Å². The minimum atomic E-state index is -0.557. The van der Waals surface area contributed by atoms with E-state index in [0.717, 1.165) is 25.7 Å². The number of nitro groups is 1. The minimum Gasteiger partial charge on any atom is -0.349 e. The van der Waals surface area contributed by atoms with Gasteiger partial charge in [-0.3, -0.25) is 14.9 Å². The molecule has 0 heterocycles. The molecule has 18 heavy (non-hydrogen) atoms. The zero-order valence-corrected chi connectivity index (χ0v) is 10.4. The van der Waals surface area contributed by atoms with Crippen LogP contribution in [0.3, 0.4) is 0 Å². The number of carbonyl (C=O) groups is 1. The van der Waals surface area contributed by atoms with E-state index in [0.29, 0.717) is 0 Å². The Morgan fingerprint density at radius 3 is 2.61 bits per heavy atom. The quantitative estimate of drug-likeness (QED) is 0.677. The van der Waals surface area contributed by atoms with Gasteiger partial charge in [0.2, 0.25) is 0 Å². The summed E-state index contributed by atoms with van der Waals surface area (Å²) in [5, 5.41) is 13.8. The van der Waals surface area contributed by atoms with Crippen LogP contribution in [0, 0.1) is 10.1 Å². The maximum absolute atomic E-state index is 11.9. The van der Waals surface area contributed by atoms with Crippen LogP contribution in [-0.2, 0) is 0 Å². The van der Waals surface area contributed by atoms with Crippen LogP contribution < -0.4 is 5.32 Å². The lowest BCUT2D eigenvalue weighted by Gasteiger charge is -2.11. The van der Waals surface area contributed by atoms with Gasteiger partial charge in [-0.1, -0.05) is 24.4 Å². The van der Waals surface area contributed by atoms with E-state index in [9.17, 15) is 14.9 Å². The SMILES string of the molecule is O=C(NC1CCCC1)c1cc(Cl)cc([N+](=O)[O-])c1. The van der Waals surface area contributed by atoms with Gasteiger partial charge in [-0.05, 0) is 18.9 Å². The van der Waals surface area contributed by atoms with Crippen molar-refractivity contribution in [1.29, 1.82) is 0 Å². The summed E-state index contributed by atoms with van der Waals surface area (Å²) >= 11 is 5.77. The van der Waals surface area contributed by atoms with Crippen LogP contribution >= 0.6 is 11.6 Å². The second-order valence-electron chi connectivity index (χ2n) is 4.41. The molecule has 1 saturated carbocycles. The van der Waals surface area contributed by atoms with Crippen LogP contribution in [0.5, 0.6) is 0 Å². The Balaban J connectivity index is 2.16. The van der Waals surface area contributed by atoms with E-state index in [2.05, 4.69) is 5.32 Å². The van der Waals surface area contributed by atoms with Crippen molar-refractivity contribution in [3.05, 3.63) is 38.9 Å². The Labute approximate surface area is 109 Å². The van der Waals surface area contributed by atoms with E-state index >= 15 is 0 Å². The lowest BCUT2D eigenvalue weighted by Crippen LogP contribution is -2.32. The first-order valence-electron chi connectivity index (χ1n) is 5.82. The highest BCUT2D eigenvalue weighted by atomic mass is 35.5. The number of hydrogen-bond donors (Lipinski definition) is 1. The molecule has 0 atom stereocenters. The third kappa shape index (κ3) is 2.98. The van der Waals surface area contributed by atoms with E-state index in [1.165, 1.54) is 18.2 Å². The van der Waals surface area contributed by atoms with Gasteiger partial charge in [0.15, 0.2) is 0 Å². The molecule has 0 radical (unpaired) electrons. The highest BCUT2D eigenvalue weighted by molar-refractivity contribution is 6.31. The lowest BCUT2D eigenvalue weighted by molar-refractivity contribution is -0.384. The molecule has 1 aliphatic rings. The molecule has 1 N–H and O–H groups in total. The predicted molar refractivity (Wildman–Crippen MR) is 67.8 cm³/mol. The number of benzene rings is 1. The zero-order valence-electron chi connectivity index (χ0n) is 9.69. The van der Waals surface area contributed by atoms with Gasteiger partial charge in [-0.25, -0.2) is 0 Å². The molecule has 6 heteroatoms. The molecule has 1 fully saturated rings. The van der Waals surface area contributed by atoms with Gasteiger partial charge in [0, 0.05) is 28.8 Å². The fraction of sp³-hybridized carbons (Fsp3) is 0.417. The van der Waals surface area contributed by atoms with Crippen LogP contribution in [0.2, 0.25) is 5.02 Å². The molecule has 5 nitrogen and oxygen atoms in total. The summed E-state index contributed by atoms with van der Waals surface area (Å²) in [5.74, 6) is -0.299. The smallest absolute Gasteiger partial charge is 0.271 e. The van der Waals surface area contributed by atoms with Crippen LogP contribution in [0.25, 0.3) is 0 Å². The molecule has 0 aromatic heterocycles. The molecule has 1 aromatic rings. The Morgan fingerprint density at radius 1 is 1.33 bits per heavy atom. The fourth-order valence-corrected chi connectivity index (χ4v) is 2.38. The summed E-state index contributed by atoms with van der Waals surface area (Å²) in [5.41, 5.74) is 0.0696. The molecule has 1 aromatic carbocycles. The molecule has 0 unspecified atom stereocenters. The predicted octanol–water partition coefficient (Wildman–Crippen LogP) is 2.92. The second kappa shape index (κ2) is 5.35. The van der Waals surface area contributed by atoms with Crippen LogP contribution in [-0.4, -0.2) is 16.9 Å². The average Bonchev–Trinajstić information content (AvgIpc) is 2.80. The number of nitrogens with one attached hydrogen (secondary N) is 1. The largest absolute Gasteiger partial charge is 0.349 e. The number of nitrogens with zero attached hydrogens (tertiary/aromatic N) is 1. The van der Waals surface area contributed by atoms with Crippen molar-refractivity contribution in [3.8, 4) is 0 Å². The van der Waals surface area contributed by atoms with E-state index in [-0.39, 0.29) is 28.2 Å². The normalized spacial score (nSPS) is 15.6. The molecule has 96 valence electrons. The Kier molecular flexibility index (Phi) is 3.81. The van der Waals surface area contributed by atoms with E-state index in [1.807, 2.05) is 0 Å². The second-order valence-corrected chi connectivity index (χ2v) is 4.85. The molecule has 2 rings (SSSR count). The summed E-state index contributed by atoms with van der Waals surface area (Å²) in [7, 11) is 0. The van der Waals surface area contributed by atoms with Gasteiger partial charge >= 0.3 is 0 Å². The summed E-state index contributed by atoms with van der Waals surface area (Å²) in [6, 6.07) is 4.10. The topological polar surface area (TPSA) is 72.2 Å². The first-order valence-corrected chi connectivity index (χ1v) is 6.20. The lowest BCUT2D eigenvalue weighted by atomic mass is 10.1. The molecule has 1 aliphatic carbocycles. The third-order valence-electron chi connectivity index (χ3n) is 3.05.